The topological polar surface area (TPSA) is 24.5 Å². The van der Waals surface area contributed by atoms with Gasteiger partial charge in [0.05, 0.1) is 12.7 Å². The quantitative estimate of drug-likeness (QED) is 0.862. The van der Waals surface area contributed by atoms with Gasteiger partial charge < -0.3 is 10.1 Å². The molecule has 1 fully saturated rings. The smallest absolute Gasteiger partial charge is 0.0858 e. The Morgan fingerprint density at radius 1 is 1.35 bits per heavy atom. The van der Waals surface area contributed by atoms with Gasteiger partial charge in [-0.05, 0) is 38.9 Å². The standard InChI is InChI=1S/C17H28N2O/c1-4-9-19-10-11-20-17(13-19)16(18-3)12-15-7-5-14(2)6-8-15/h5-8,16-18H,4,9-13H2,1-3H3. The molecule has 20 heavy (non-hydrogen) atoms. The molecular formula is C17H28N2O. The SMILES string of the molecule is CCCN1CCOC(C(Cc2ccc(C)cc2)NC)C1. The van der Waals surface area contributed by atoms with E-state index in [1.54, 1.807) is 0 Å². The summed E-state index contributed by atoms with van der Waals surface area (Å²) in [5, 5.41) is 3.45. The minimum atomic E-state index is 0.293. The van der Waals surface area contributed by atoms with Crippen molar-refractivity contribution in [3.63, 3.8) is 0 Å². The molecule has 0 amide bonds. The van der Waals surface area contributed by atoms with Gasteiger partial charge in [0.15, 0.2) is 0 Å². The molecule has 1 aromatic rings. The van der Waals surface area contributed by atoms with Crippen molar-refractivity contribution < 1.29 is 4.74 Å². The maximum atomic E-state index is 6.00. The van der Waals surface area contributed by atoms with Crippen molar-refractivity contribution in [3.8, 4) is 0 Å². The van der Waals surface area contributed by atoms with Crippen LogP contribution in [0.15, 0.2) is 24.3 Å². The molecule has 2 rings (SSSR count). The second kappa shape index (κ2) is 7.77. The van der Waals surface area contributed by atoms with Crippen LogP contribution < -0.4 is 5.32 Å². The first-order chi connectivity index (χ1) is 9.72. The molecule has 2 unspecified atom stereocenters. The molecule has 0 spiro atoms. The third kappa shape index (κ3) is 4.30. The van der Waals surface area contributed by atoms with Gasteiger partial charge in [0, 0.05) is 19.1 Å². The summed E-state index contributed by atoms with van der Waals surface area (Å²) in [6, 6.07) is 9.22. The van der Waals surface area contributed by atoms with Gasteiger partial charge in [-0.1, -0.05) is 36.8 Å². The van der Waals surface area contributed by atoms with Crippen LogP contribution in [0.25, 0.3) is 0 Å². The first-order valence-electron chi connectivity index (χ1n) is 7.79. The van der Waals surface area contributed by atoms with Crippen LogP contribution in [0.4, 0.5) is 0 Å². The number of aryl methyl sites for hydroxylation is 1. The highest BCUT2D eigenvalue weighted by atomic mass is 16.5. The Balaban J connectivity index is 1.95. The molecule has 0 aliphatic carbocycles. The molecule has 1 heterocycles. The molecular weight excluding hydrogens is 248 g/mol. The molecule has 0 radical (unpaired) electrons. The molecule has 1 aromatic carbocycles. The summed E-state index contributed by atoms with van der Waals surface area (Å²) in [6.07, 6.45) is 2.54. The van der Waals surface area contributed by atoms with Gasteiger partial charge in [-0.2, -0.15) is 0 Å². The van der Waals surface area contributed by atoms with Crippen LogP contribution in [-0.4, -0.2) is 50.3 Å². The van der Waals surface area contributed by atoms with Gasteiger partial charge in [-0.15, -0.1) is 0 Å². The Morgan fingerprint density at radius 2 is 2.10 bits per heavy atom. The number of likely N-dealkylation sites (N-methyl/N-ethyl adjacent to an activating group) is 1. The summed E-state index contributed by atoms with van der Waals surface area (Å²) in [6.45, 7) is 8.53. The van der Waals surface area contributed by atoms with E-state index in [4.69, 9.17) is 4.74 Å². The second-order valence-electron chi connectivity index (χ2n) is 5.79. The highest BCUT2D eigenvalue weighted by Crippen LogP contribution is 2.14. The van der Waals surface area contributed by atoms with Gasteiger partial charge in [-0.3, -0.25) is 4.90 Å². The second-order valence-corrected chi connectivity index (χ2v) is 5.79. The number of morpholine rings is 1. The molecule has 3 nitrogen and oxygen atoms in total. The lowest BCUT2D eigenvalue weighted by molar-refractivity contribution is -0.0450. The fraction of sp³-hybridized carbons (Fsp3) is 0.647. The summed E-state index contributed by atoms with van der Waals surface area (Å²) in [4.78, 5) is 2.52. The van der Waals surface area contributed by atoms with Gasteiger partial charge >= 0.3 is 0 Å². The fourth-order valence-electron chi connectivity index (χ4n) is 2.89. The van der Waals surface area contributed by atoms with E-state index in [0.29, 0.717) is 12.1 Å². The Kier molecular flexibility index (Phi) is 6.02. The van der Waals surface area contributed by atoms with Gasteiger partial charge in [0.2, 0.25) is 0 Å². The normalized spacial score (nSPS) is 21.9. The van der Waals surface area contributed by atoms with Crippen LogP contribution in [0.2, 0.25) is 0 Å². The first kappa shape index (κ1) is 15.5. The third-order valence-corrected chi connectivity index (χ3v) is 4.11. The zero-order chi connectivity index (χ0) is 14.4. The molecule has 3 heteroatoms. The van der Waals surface area contributed by atoms with Crippen LogP contribution in [0.1, 0.15) is 24.5 Å². The molecule has 1 aliphatic rings. The minimum Gasteiger partial charge on any atom is -0.374 e. The average Bonchev–Trinajstić information content (AvgIpc) is 2.47. The van der Waals surface area contributed by atoms with Gasteiger partial charge in [0.1, 0.15) is 0 Å². The molecule has 0 saturated carbocycles. The zero-order valence-electron chi connectivity index (χ0n) is 13.1. The molecule has 0 bridgehead atoms. The predicted octanol–water partition coefficient (Wildman–Crippen LogP) is 2.24. The molecule has 1 N–H and O–H groups in total. The number of nitrogens with one attached hydrogen (secondary N) is 1. The summed E-state index contributed by atoms with van der Waals surface area (Å²) < 4.78 is 6.00. The van der Waals surface area contributed by atoms with Crippen LogP contribution >= 0.6 is 0 Å². The van der Waals surface area contributed by atoms with E-state index in [2.05, 4.69) is 48.3 Å². The van der Waals surface area contributed by atoms with E-state index >= 15 is 0 Å². The minimum absolute atomic E-state index is 0.293. The largest absolute Gasteiger partial charge is 0.374 e. The highest BCUT2D eigenvalue weighted by Gasteiger charge is 2.26. The summed E-state index contributed by atoms with van der Waals surface area (Å²) in [5.74, 6) is 0. The van der Waals surface area contributed by atoms with Crippen molar-refractivity contribution in [3.05, 3.63) is 35.4 Å². The van der Waals surface area contributed by atoms with Crippen LogP contribution in [0, 0.1) is 6.92 Å². The Morgan fingerprint density at radius 3 is 2.75 bits per heavy atom. The molecule has 1 aliphatic heterocycles. The van der Waals surface area contributed by atoms with E-state index in [1.165, 1.54) is 24.1 Å². The number of nitrogens with zero attached hydrogens (tertiary/aromatic N) is 1. The molecule has 2 atom stereocenters. The third-order valence-electron chi connectivity index (χ3n) is 4.11. The summed E-state index contributed by atoms with van der Waals surface area (Å²) in [7, 11) is 2.04. The van der Waals surface area contributed by atoms with E-state index < -0.39 is 0 Å². The van der Waals surface area contributed by atoms with Gasteiger partial charge in [0.25, 0.3) is 0 Å². The lowest BCUT2D eigenvalue weighted by Gasteiger charge is -2.37. The highest BCUT2D eigenvalue weighted by molar-refractivity contribution is 5.22. The van der Waals surface area contributed by atoms with Crippen LogP contribution in [0.5, 0.6) is 0 Å². The fourth-order valence-corrected chi connectivity index (χ4v) is 2.89. The number of benzene rings is 1. The average molecular weight is 276 g/mol. The Labute approximate surface area is 123 Å². The van der Waals surface area contributed by atoms with Crippen molar-refractivity contribution >= 4 is 0 Å². The van der Waals surface area contributed by atoms with E-state index in [9.17, 15) is 0 Å². The maximum absolute atomic E-state index is 6.00. The van der Waals surface area contributed by atoms with E-state index in [-0.39, 0.29) is 0 Å². The lowest BCUT2D eigenvalue weighted by Crippen LogP contribution is -2.52. The predicted molar refractivity (Wildman–Crippen MR) is 84.2 cm³/mol. The summed E-state index contributed by atoms with van der Waals surface area (Å²) >= 11 is 0. The molecule has 1 saturated heterocycles. The Bertz CT molecular complexity index is 388. The van der Waals surface area contributed by atoms with Crippen molar-refractivity contribution in [2.45, 2.75) is 38.8 Å². The summed E-state index contributed by atoms with van der Waals surface area (Å²) in [5.41, 5.74) is 2.70. The van der Waals surface area contributed by atoms with Crippen LogP contribution in [-0.2, 0) is 11.2 Å². The van der Waals surface area contributed by atoms with E-state index in [0.717, 1.165) is 26.1 Å². The number of rotatable bonds is 6. The number of hydrogen-bond acceptors (Lipinski definition) is 3. The van der Waals surface area contributed by atoms with Crippen LogP contribution in [0.3, 0.4) is 0 Å². The lowest BCUT2D eigenvalue weighted by atomic mass is 9.99. The van der Waals surface area contributed by atoms with Gasteiger partial charge in [-0.25, -0.2) is 0 Å². The number of hydrogen-bond donors (Lipinski definition) is 1. The molecule has 112 valence electrons. The first-order valence-corrected chi connectivity index (χ1v) is 7.79. The zero-order valence-corrected chi connectivity index (χ0v) is 13.1. The van der Waals surface area contributed by atoms with Crippen molar-refractivity contribution in [2.24, 2.45) is 0 Å². The number of ether oxygens (including phenoxy) is 1. The maximum Gasteiger partial charge on any atom is 0.0858 e. The van der Waals surface area contributed by atoms with E-state index in [1.807, 2.05) is 7.05 Å². The molecule has 0 aromatic heterocycles. The van der Waals surface area contributed by atoms with Crippen molar-refractivity contribution in [1.29, 1.82) is 0 Å². The van der Waals surface area contributed by atoms with Crippen molar-refractivity contribution in [1.82, 2.24) is 10.2 Å². The monoisotopic (exact) mass is 276 g/mol. The Hall–Kier alpha value is -0.900. The van der Waals surface area contributed by atoms with Crippen molar-refractivity contribution in [2.75, 3.05) is 33.3 Å².